The van der Waals surface area contributed by atoms with Crippen molar-refractivity contribution >= 4 is 33.5 Å². The number of nitrogen functional groups attached to an aromatic ring is 1. The normalized spacial score (nSPS) is 11.2. The zero-order valence-corrected chi connectivity index (χ0v) is 13.0. The Kier molecular flexibility index (Phi) is 4.02. The van der Waals surface area contributed by atoms with Gasteiger partial charge in [-0.3, -0.25) is 4.68 Å². The second kappa shape index (κ2) is 5.36. The zero-order valence-electron chi connectivity index (χ0n) is 10.6. The topological polar surface area (TPSA) is 43.8 Å². The third-order valence-corrected chi connectivity index (χ3v) is 4.33. The summed E-state index contributed by atoms with van der Waals surface area (Å²) in [5, 5.41) is 5.00. The van der Waals surface area contributed by atoms with E-state index >= 15 is 0 Å². The maximum absolute atomic E-state index is 5.89. The first-order valence-corrected chi connectivity index (χ1v) is 7.41. The van der Waals surface area contributed by atoms with E-state index in [0.29, 0.717) is 11.1 Å². The molecular weight excluding hydrogens is 310 g/mol. The lowest BCUT2D eigenvalue weighted by molar-refractivity contribution is 0.782. The molecule has 2 aromatic rings. The molecule has 1 aromatic heterocycles. The van der Waals surface area contributed by atoms with Crippen LogP contribution in [0.3, 0.4) is 0 Å². The first kappa shape index (κ1) is 13.5. The van der Waals surface area contributed by atoms with E-state index in [1.165, 1.54) is 4.90 Å². The van der Waals surface area contributed by atoms with Gasteiger partial charge in [0.2, 0.25) is 0 Å². The smallest absolute Gasteiger partial charge is 0.136 e. The maximum Gasteiger partial charge on any atom is 0.136 e. The highest BCUT2D eigenvalue weighted by molar-refractivity contribution is 9.10. The van der Waals surface area contributed by atoms with Crippen molar-refractivity contribution < 1.29 is 0 Å². The van der Waals surface area contributed by atoms with Crippen LogP contribution in [0.25, 0.3) is 11.3 Å². The third kappa shape index (κ3) is 2.72. The van der Waals surface area contributed by atoms with Gasteiger partial charge in [0.25, 0.3) is 0 Å². The van der Waals surface area contributed by atoms with Crippen LogP contribution >= 0.6 is 27.7 Å². The molecule has 96 valence electrons. The SMILES string of the molecule is CC(C)Sc1ccc(-c2nn(C)c(N)c2Br)cc1. The average Bonchev–Trinajstić information content (AvgIpc) is 2.57. The highest BCUT2D eigenvalue weighted by Gasteiger charge is 2.12. The number of benzene rings is 1. The highest BCUT2D eigenvalue weighted by Crippen LogP contribution is 2.33. The van der Waals surface area contributed by atoms with Crippen LogP contribution in [0.1, 0.15) is 13.8 Å². The van der Waals surface area contributed by atoms with Crippen LogP contribution in [0.4, 0.5) is 5.82 Å². The molecule has 0 aliphatic heterocycles. The summed E-state index contributed by atoms with van der Waals surface area (Å²) in [6.45, 7) is 4.38. The van der Waals surface area contributed by atoms with Crippen LogP contribution < -0.4 is 5.73 Å². The molecule has 0 spiro atoms. The Morgan fingerprint density at radius 1 is 1.28 bits per heavy atom. The van der Waals surface area contributed by atoms with Crippen LogP contribution in [0.15, 0.2) is 33.6 Å². The van der Waals surface area contributed by atoms with Gasteiger partial charge in [-0.15, -0.1) is 11.8 Å². The summed E-state index contributed by atoms with van der Waals surface area (Å²) in [5.74, 6) is 0.644. The average molecular weight is 326 g/mol. The van der Waals surface area contributed by atoms with Crippen LogP contribution in [0.2, 0.25) is 0 Å². The monoisotopic (exact) mass is 325 g/mol. The molecule has 0 saturated carbocycles. The molecular formula is C13H16BrN3S. The molecule has 0 aliphatic rings. The third-order valence-electron chi connectivity index (χ3n) is 2.53. The largest absolute Gasteiger partial charge is 0.383 e. The fraction of sp³-hybridized carbons (Fsp3) is 0.308. The van der Waals surface area contributed by atoms with E-state index in [1.54, 1.807) is 4.68 Å². The van der Waals surface area contributed by atoms with Crippen molar-refractivity contribution in [3.63, 3.8) is 0 Å². The summed E-state index contributed by atoms with van der Waals surface area (Å²) in [4.78, 5) is 1.27. The number of halogens is 1. The van der Waals surface area contributed by atoms with Gasteiger partial charge in [0.15, 0.2) is 0 Å². The number of hydrogen-bond acceptors (Lipinski definition) is 3. The molecule has 1 aromatic carbocycles. The van der Waals surface area contributed by atoms with Gasteiger partial charge in [-0.1, -0.05) is 26.0 Å². The molecule has 0 fully saturated rings. The second-order valence-electron chi connectivity index (χ2n) is 4.36. The van der Waals surface area contributed by atoms with Gasteiger partial charge < -0.3 is 5.73 Å². The standard InChI is InChI=1S/C13H16BrN3S/c1-8(2)18-10-6-4-9(5-7-10)12-11(14)13(15)17(3)16-12/h4-8H,15H2,1-3H3. The van der Waals surface area contributed by atoms with Gasteiger partial charge in [0.1, 0.15) is 11.5 Å². The van der Waals surface area contributed by atoms with E-state index < -0.39 is 0 Å². The van der Waals surface area contributed by atoms with Crippen molar-refractivity contribution in [2.45, 2.75) is 24.0 Å². The number of rotatable bonds is 3. The molecule has 1 heterocycles. The zero-order chi connectivity index (χ0) is 13.3. The Hall–Kier alpha value is -0.940. The van der Waals surface area contributed by atoms with Gasteiger partial charge in [-0.25, -0.2) is 0 Å². The predicted molar refractivity (Wildman–Crippen MR) is 81.7 cm³/mol. The molecule has 5 heteroatoms. The van der Waals surface area contributed by atoms with Gasteiger partial charge in [0.05, 0.1) is 4.47 Å². The number of nitrogens with zero attached hydrogens (tertiary/aromatic N) is 2. The lowest BCUT2D eigenvalue weighted by atomic mass is 10.1. The minimum absolute atomic E-state index is 0.591. The summed E-state index contributed by atoms with van der Waals surface area (Å²) < 4.78 is 2.53. The number of aromatic nitrogens is 2. The van der Waals surface area contributed by atoms with Crippen molar-refractivity contribution in [1.29, 1.82) is 0 Å². The van der Waals surface area contributed by atoms with Gasteiger partial charge >= 0.3 is 0 Å². The van der Waals surface area contributed by atoms with E-state index in [4.69, 9.17) is 5.73 Å². The van der Waals surface area contributed by atoms with E-state index in [1.807, 2.05) is 18.8 Å². The summed E-state index contributed by atoms with van der Waals surface area (Å²) in [5.41, 5.74) is 7.84. The molecule has 18 heavy (non-hydrogen) atoms. The van der Waals surface area contributed by atoms with Crippen LogP contribution in [0, 0.1) is 0 Å². The Bertz CT molecular complexity index is 546. The lowest BCUT2D eigenvalue weighted by Gasteiger charge is -2.05. The predicted octanol–water partition coefficient (Wildman–Crippen LogP) is 3.93. The number of hydrogen-bond donors (Lipinski definition) is 1. The van der Waals surface area contributed by atoms with Crippen LogP contribution in [-0.4, -0.2) is 15.0 Å². The number of nitrogens with two attached hydrogens (primary N) is 1. The quantitative estimate of drug-likeness (QED) is 0.869. The molecule has 0 aliphatic carbocycles. The van der Waals surface area contributed by atoms with E-state index in [9.17, 15) is 0 Å². The second-order valence-corrected chi connectivity index (χ2v) is 6.81. The number of anilines is 1. The summed E-state index contributed by atoms with van der Waals surface area (Å²) in [6.07, 6.45) is 0. The Morgan fingerprint density at radius 3 is 2.33 bits per heavy atom. The fourth-order valence-corrected chi connectivity index (χ4v) is 3.06. The highest BCUT2D eigenvalue weighted by atomic mass is 79.9. The van der Waals surface area contributed by atoms with E-state index in [-0.39, 0.29) is 0 Å². The molecule has 0 atom stereocenters. The van der Waals surface area contributed by atoms with Gasteiger partial charge in [-0.05, 0) is 28.1 Å². The Labute approximate surface area is 120 Å². The minimum atomic E-state index is 0.591. The summed E-state index contributed by atoms with van der Waals surface area (Å²) in [6, 6.07) is 8.41. The van der Waals surface area contributed by atoms with Crippen molar-refractivity contribution in [2.75, 3.05) is 5.73 Å². The molecule has 0 amide bonds. The maximum atomic E-state index is 5.89. The van der Waals surface area contributed by atoms with Crippen molar-refractivity contribution in [3.8, 4) is 11.3 Å². The Balaban J connectivity index is 2.31. The fourth-order valence-electron chi connectivity index (χ4n) is 1.66. The molecule has 0 unspecified atom stereocenters. The number of thioether (sulfide) groups is 1. The molecule has 2 N–H and O–H groups in total. The van der Waals surface area contributed by atoms with Crippen molar-refractivity contribution in [1.82, 2.24) is 9.78 Å². The molecule has 2 rings (SSSR count). The Morgan fingerprint density at radius 2 is 1.89 bits per heavy atom. The summed E-state index contributed by atoms with van der Waals surface area (Å²) in [7, 11) is 1.84. The van der Waals surface area contributed by atoms with Crippen LogP contribution in [0.5, 0.6) is 0 Å². The van der Waals surface area contributed by atoms with Gasteiger partial charge in [-0.2, -0.15) is 5.10 Å². The van der Waals surface area contributed by atoms with E-state index in [0.717, 1.165) is 15.7 Å². The van der Waals surface area contributed by atoms with Crippen molar-refractivity contribution in [3.05, 3.63) is 28.7 Å². The van der Waals surface area contributed by atoms with Gasteiger partial charge in [0, 0.05) is 22.8 Å². The summed E-state index contributed by atoms with van der Waals surface area (Å²) >= 11 is 5.34. The number of aryl methyl sites for hydroxylation is 1. The lowest BCUT2D eigenvalue weighted by Crippen LogP contribution is -1.97. The first-order valence-electron chi connectivity index (χ1n) is 5.74. The molecule has 0 saturated heterocycles. The molecule has 0 bridgehead atoms. The minimum Gasteiger partial charge on any atom is -0.383 e. The molecule has 0 radical (unpaired) electrons. The van der Waals surface area contributed by atoms with Crippen LogP contribution in [-0.2, 0) is 7.05 Å². The van der Waals surface area contributed by atoms with Crippen molar-refractivity contribution in [2.24, 2.45) is 7.05 Å². The first-order chi connectivity index (χ1) is 8.49. The van der Waals surface area contributed by atoms with E-state index in [2.05, 4.69) is 59.1 Å². The molecule has 3 nitrogen and oxygen atoms in total.